The summed E-state index contributed by atoms with van der Waals surface area (Å²) in [6.45, 7) is 0. The number of esters is 1. The number of rotatable bonds is 8. The summed E-state index contributed by atoms with van der Waals surface area (Å²) >= 11 is 0.987. The standard InChI is InChI=1S/C24H21FN4O6S/c1-34-18-9-8-14(25)11-15(18)19-21(31)29(24(33)27-19)17(10-13-6-4-3-5-7-13)20(30)28-23-26-16(12-36-23)22(32)35-2/h3-9,11-12,17,19H,10H2,1-2H3,(H,27,33)(H,26,28,30). The molecular formula is C24H21FN4O6S. The molecule has 36 heavy (non-hydrogen) atoms. The number of benzene rings is 2. The molecule has 0 bridgehead atoms. The molecule has 2 atom stereocenters. The summed E-state index contributed by atoms with van der Waals surface area (Å²) in [5, 5.41) is 6.59. The highest BCUT2D eigenvalue weighted by molar-refractivity contribution is 7.14. The number of carbonyl (C=O) groups excluding carboxylic acids is 4. The first kappa shape index (κ1) is 24.8. The smallest absolute Gasteiger partial charge is 0.357 e. The van der Waals surface area contributed by atoms with Crippen molar-refractivity contribution in [2.24, 2.45) is 0 Å². The summed E-state index contributed by atoms with van der Waals surface area (Å²) in [7, 11) is 2.56. The number of methoxy groups -OCH3 is 2. The molecule has 0 spiro atoms. The number of imide groups is 1. The molecule has 0 radical (unpaired) electrons. The second kappa shape index (κ2) is 10.5. The van der Waals surface area contributed by atoms with Crippen molar-refractivity contribution in [2.75, 3.05) is 19.5 Å². The van der Waals surface area contributed by atoms with Crippen molar-refractivity contribution in [3.63, 3.8) is 0 Å². The van der Waals surface area contributed by atoms with E-state index in [1.807, 2.05) is 0 Å². The summed E-state index contributed by atoms with van der Waals surface area (Å²) in [6, 6.07) is 9.11. The SMILES string of the molecule is COC(=O)c1csc(NC(=O)C(Cc2ccccc2)N2C(=O)NC(c3cc(F)ccc3OC)C2=O)n1. The fourth-order valence-electron chi connectivity index (χ4n) is 3.79. The van der Waals surface area contributed by atoms with Crippen molar-refractivity contribution in [3.05, 3.63) is 76.5 Å². The van der Waals surface area contributed by atoms with Gasteiger partial charge in [0.15, 0.2) is 10.8 Å². The lowest BCUT2D eigenvalue weighted by Crippen LogP contribution is -2.49. The fourth-order valence-corrected chi connectivity index (χ4v) is 4.47. The molecule has 1 saturated heterocycles. The van der Waals surface area contributed by atoms with E-state index in [9.17, 15) is 23.6 Å². The molecule has 2 unspecified atom stereocenters. The van der Waals surface area contributed by atoms with Crippen molar-refractivity contribution in [2.45, 2.75) is 18.5 Å². The van der Waals surface area contributed by atoms with E-state index in [0.29, 0.717) is 5.56 Å². The molecular weight excluding hydrogens is 491 g/mol. The molecule has 1 aliphatic rings. The third-order valence-corrected chi connectivity index (χ3v) is 6.25. The van der Waals surface area contributed by atoms with Gasteiger partial charge in [-0.1, -0.05) is 30.3 Å². The van der Waals surface area contributed by atoms with Crippen molar-refractivity contribution in [1.82, 2.24) is 15.2 Å². The molecule has 12 heteroatoms. The first-order valence-electron chi connectivity index (χ1n) is 10.7. The maximum absolute atomic E-state index is 14.0. The van der Waals surface area contributed by atoms with Crippen LogP contribution in [0.2, 0.25) is 0 Å². The monoisotopic (exact) mass is 512 g/mol. The number of carbonyl (C=O) groups is 4. The second-order valence-corrected chi connectivity index (χ2v) is 8.56. The van der Waals surface area contributed by atoms with E-state index in [1.165, 1.54) is 31.7 Å². The minimum Gasteiger partial charge on any atom is -0.496 e. The van der Waals surface area contributed by atoms with Crippen molar-refractivity contribution < 1.29 is 33.0 Å². The van der Waals surface area contributed by atoms with Crippen LogP contribution in [0.3, 0.4) is 0 Å². The predicted octanol–water partition coefficient (Wildman–Crippen LogP) is 2.92. The van der Waals surface area contributed by atoms with Gasteiger partial charge in [-0.3, -0.25) is 9.59 Å². The van der Waals surface area contributed by atoms with E-state index >= 15 is 0 Å². The lowest BCUT2D eigenvalue weighted by molar-refractivity contribution is -0.134. The number of urea groups is 1. The van der Waals surface area contributed by atoms with E-state index in [2.05, 4.69) is 20.4 Å². The highest BCUT2D eigenvalue weighted by Gasteiger charge is 2.46. The zero-order valence-corrected chi connectivity index (χ0v) is 20.0. The summed E-state index contributed by atoms with van der Waals surface area (Å²) < 4.78 is 23.8. The van der Waals surface area contributed by atoms with Crippen LogP contribution in [-0.4, -0.2) is 54.0 Å². The minimum atomic E-state index is -1.27. The molecule has 4 rings (SSSR count). The Morgan fingerprint density at radius 2 is 1.94 bits per heavy atom. The molecule has 2 aromatic carbocycles. The van der Waals surface area contributed by atoms with Gasteiger partial charge in [0.1, 0.15) is 23.7 Å². The third kappa shape index (κ3) is 5.03. The van der Waals surface area contributed by atoms with Crippen LogP contribution in [0.5, 0.6) is 5.75 Å². The number of halogens is 1. The van der Waals surface area contributed by atoms with E-state index in [-0.39, 0.29) is 28.6 Å². The van der Waals surface area contributed by atoms with Crippen LogP contribution in [-0.2, 0) is 20.7 Å². The predicted molar refractivity (Wildman–Crippen MR) is 127 cm³/mol. The molecule has 186 valence electrons. The van der Waals surface area contributed by atoms with Gasteiger partial charge in [-0.15, -0.1) is 11.3 Å². The third-order valence-electron chi connectivity index (χ3n) is 5.49. The van der Waals surface area contributed by atoms with Crippen LogP contribution in [0.1, 0.15) is 27.7 Å². The van der Waals surface area contributed by atoms with Gasteiger partial charge >= 0.3 is 12.0 Å². The van der Waals surface area contributed by atoms with Gasteiger partial charge in [0, 0.05) is 17.4 Å². The number of aromatic nitrogens is 1. The summed E-state index contributed by atoms with van der Waals surface area (Å²) in [5.74, 6) is -2.52. The van der Waals surface area contributed by atoms with Crippen LogP contribution >= 0.6 is 11.3 Å². The zero-order chi connectivity index (χ0) is 25.8. The molecule has 4 amide bonds. The molecule has 0 aliphatic carbocycles. The van der Waals surface area contributed by atoms with E-state index in [0.717, 1.165) is 22.3 Å². The van der Waals surface area contributed by atoms with Gasteiger partial charge in [0.2, 0.25) is 5.91 Å². The maximum Gasteiger partial charge on any atom is 0.357 e. The van der Waals surface area contributed by atoms with Gasteiger partial charge in [-0.2, -0.15) is 0 Å². The van der Waals surface area contributed by atoms with Gasteiger partial charge in [0.05, 0.1) is 14.2 Å². The molecule has 2 N–H and O–H groups in total. The number of amides is 4. The van der Waals surface area contributed by atoms with Crippen LogP contribution in [0, 0.1) is 5.82 Å². The number of ether oxygens (including phenoxy) is 2. The fraction of sp³-hybridized carbons (Fsp3) is 0.208. The van der Waals surface area contributed by atoms with Gasteiger partial charge < -0.3 is 20.1 Å². The summed E-state index contributed by atoms with van der Waals surface area (Å²) in [6.07, 6.45) is 0.00801. The lowest BCUT2D eigenvalue weighted by Gasteiger charge is -2.24. The van der Waals surface area contributed by atoms with E-state index in [1.54, 1.807) is 30.3 Å². The summed E-state index contributed by atoms with van der Waals surface area (Å²) in [4.78, 5) is 56.3. The average molecular weight is 513 g/mol. The Balaban J connectivity index is 1.65. The topological polar surface area (TPSA) is 127 Å². The summed E-state index contributed by atoms with van der Waals surface area (Å²) in [5.41, 5.74) is 0.824. The Labute approximate surface area is 209 Å². The molecule has 10 nitrogen and oxygen atoms in total. The van der Waals surface area contributed by atoms with E-state index < -0.39 is 41.7 Å². The molecule has 3 aromatic rings. The average Bonchev–Trinajstić information content (AvgIpc) is 3.46. The van der Waals surface area contributed by atoms with Crippen molar-refractivity contribution >= 4 is 40.3 Å². The number of nitrogens with one attached hydrogen (secondary N) is 2. The van der Waals surface area contributed by atoms with E-state index in [4.69, 9.17) is 4.74 Å². The minimum absolute atomic E-state index is 0.00525. The highest BCUT2D eigenvalue weighted by atomic mass is 32.1. The van der Waals surface area contributed by atoms with Gasteiger partial charge in [-0.25, -0.2) is 23.9 Å². The maximum atomic E-state index is 14.0. The Morgan fingerprint density at radius 1 is 1.19 bits per heavy atom. The quantitative estimate of drug-likeness (QED) is 0.351. The second-order valence-electron chi connectivity index (χ2n) is 7.70. The Kier molecular flexibility index (Phi) is 7.25. The molecule has 1 aliphatic heterocycles. The lowest BCUT2D eigenvalue weighted by atomic mass is 10.0. The van der Waals surface area contributed by atoms with Crippen molar-refractivity contribution in [1.29, 1.82) is 0 Å². The molecule has 2 heterocycles. The van der Waals surface area contributed by atoms with Crippen LogP contribution in [0.15, 0.2) is 53.9 Å². The Bertz CT molecular complexity index is 1310. The number of thiazole rings is 1. The number of hydrogen-bond donors (Lipinski definition) is 2. The first-order valence-corrected chi connectivity index (χ1v) is 11.6. The van der Waals surface area contributed by atoms with Crippen LogP contribution < -0.4 is 15.4 Å². The Morgan fingerprint density at radius 3 is 2.64 bits per heavy atom. The van der Waals surface area contributed by atoms with Gasteiger partial charge in [-0.05, 0) is 23.8 Å². The number of hydrogen-bond acceptors (Lipinski definition) is 8. The zero-order valence-electron chi connectivity index (χ0n) is 19.2. The Hall–Kier alpha value is -4.32. The molecule has 0 saturated carbocycles. The van der Waals surface area contributed by atoms with Crippen LogP contribution in [0.25, 0.3) is 0 Å². The highest BCUT2D eigenvalue weighted by Crippen LogP contribution is 2.32. The van der Waals surface area contributed by atoms with Crippen LogP contribution in [0.4, 0.5) is 14.3 Å². The van der Waals surface area contributed by atoms with Crippen molar-refractivity contribution in [3.8, 4) is 5.75 Å². The molecule has 1 fully saturated rings. The number of nitrogens with zero attached hydrogens (tertiary/aromatic N) is 2. The molecule has 1 aromatic heterocycles. The normalized spacial score (nSPS) is 15.9. The first-order chi connectivity index (χ1) is 17.3. The largest absolute Gasteiger partial charge is 0.496 e. The number of anilines is 1. The van der Waals surface area contributed by atoms with Gasteiger partial charge in [0.25, 0.3) is 5.91 Å².